The smallest absolute Gasteiger partial charge is 0.232 e. The van der Waals surface area contributed by atoms with Gasteiger partial charge in [0.15, 0.2) is 0 Å². The molecule has 1 aromatic carbocycles. The number of hydrogen-bond acceptors (Lipinski definition) is 2. The lowest BCUT2D eigenvalue weighted by molar-refractivity contribution is -0.126. The van der Waals surface area contributed by atoms with Crippen LogP contribution in [0.4, 0.5) is 5.69 Å². The van der Waals surface area contributed by atoms with Crippen molar-refractivity contribution in [1.82, 2.24) is 5.32 Å². The van der Waals surface area contributed by atoms with Gasteiger partial charge in [-0.05, 0) is 31.4 Å². The highest BCUT2D eigenvalue weighted by atomic mass is 16.2. The number of amides is 2. The van der Waals surface area contributed by atoms with E-state index in [1.54, 1.807) is 0 Å². The van der Waals surface area contributed by atoms with Crippen molar-refractivity contribution in [3.63, 3.8) is 0 Å². The van der Waals surface area contributed by atoms with Crippen molar-refractivity contribution in [2.75, 3.05) is 11.9 Å². The van der Waals surface area contributed by atoms with Gasteiger partial charge in [-0.1, -0.05) is 25.1 Å². The minimum atomic E-state index is -0.648. The molecule has 1 unspecified atom stereocenters. The Bertz CT molecular complexity index is 525. The second kappa shape index (κ2) is 5.03. The Morgan fingerprint density at radius 3 is 2.79 bits per heavy atom. The first-order chi connectivity index (χ1) is 8.96. The number of carbonyl (C=O) groups is 2. The van der Waals surface area contributed by atoms with Gasteiger partial charge in [-0.3, -0.25) is 9.59 Å². The molecule has 1 aromatic rings. The monoisotopic (exact) mass is 260 g/mol. The van der Waals surface area contributed by atoms with Gasteiger partial charge < -0.3 is 10.6 Å². The fraction of sp³-hybridized carbons (Fsp3) is 0.467. The third kappa shape index (κ3) is 2.62. The molecule has 0 radical (unpaired) electrons. The molecule has 2 N–H and O–H groups in total. The summed E-state index contributed by atoms with van der Waals surface area (Å²) in [5.41, 5.74) is 2.41. The van der Waals surface area contributed by atoms with E-state index in [0.717, 1.165) is 23.2 Å². The Morgan fingerprint density at radius 2 is 2.21 bits per heavy atom. The summed E-state index contributed by atoms with van der Waals surface area (Å²) in [6.07, 6.45) is 1.12. The second-order valence-corrected chi connectivity index (χ2v) is 5.43. The van der Waals surface area contributed by atoms with Gasteiger partial charge in [0.2, 0.25) is 11.8 Å². The van der Waals surface area contributed by atoms with E-state index >= 15 is 0 Å². The molecular formula is C15H20N2O2. The Balaban J connectivity index is 2.22. The van der Waals surface area contributed by atoms with E-state index in [1.165, 1.54) is 0 Å². The van der Waals surface area contributed by atoms with E-state index in [9.17, 15) is 9.59 Å². The van der Waals surface area contributed by atoms with Gasteiger partial charge in [0.1, 0.15) is 0 Å². The van der Waals surface area contributed by atoms with Crippen LogP contribution in [0.2, 0.25) is 0 Å². The highest BCUT2D eigenvalue weighted by Gasteiger charge is 2.40. The molecule has 4 nitrogen and oxygen atoms in total. The predicted octanol–water partition coefficient (Wildman–Crippen LogP) is 2.02. The number of benzene rings is 1. The summed E-state index contributed by atoms with van der Waals surface area (Å²) >= 11 is 0. The number of aryl methyl sites for hydroxylation is 2. The summed E-state index contributed by atoms with van der Waals surface area (Å²) in [6, 6.07) is 5.99. The third-order valence-corrected chi connectivity index (χ3v) is 3.75. The van der Waals surface area contributed by atoms with E-state index in [2.05, 4.69) is 17.6 Å². The van der Waals surface area contributed by atoms with E-state index in [0.29, 0.717) is 6.54 Å². The molecule has 1 aliphatic rings. The third-order valence-electron chi connectivity index (χ3n) is 3.75. The molecule has 0 spiro atoms. The number of nitrogens with one attached hydrogen (secondary N) is 2. The normalized spacial score (nSPS) is 22.2. The van der Waals surface area contributed by atoms with E-state index < -0.39 is 5.41 Å². The Labute approximate surface area is 113 Å². The first-order valence-corrected chi connectivity index (χ1v) is 6.63. The average Bonchev–Trinajstić information content (AvgIpc) is 2.73. The minimum Gasteiger partial charge on any atom is -0.355 e. The quantitative estimate of drug-likeness (QED) is 0.873. The van der Waals surface area contributed by atoms with Crippen LogP contribution in [0.1, 0.15) is 31.4 Å². The van der Waals surface area contributed by atoms with Crippen LogP contribution in [-0.2, 0) is 16.0 Å². The number of rotatable bonds is 3. The van der Waals surface area contributed by atoms with Gasteiger partial charge in [0.25, 0.3) is 0 Å². The van der Waals surface area contributed by atoms with Crippen LogP contribution >= 0.6 is 0 Å². The fourth-order valence-corrected chi connectivity index (χ4v) is 2.40. The van der Waals surface area contributed by atoms with Crippen LogP contribution in [0.5, 0.6) is 0 Å². The molecule has 2 rings (SSSR count). The van der Waals surface area contributed by atoms with Gasteiger partial charge in [-0.2, -0.15) is 0 Å². The highest BCUT2D eigenvalue weighted by Crippen LogP contribution is 2.29. The number of carbonyl (C=O) groups excluding carboxylic acids is 2. The van der Waals surface area contributed by atoms with Crippen LogP contribution < -0.4 is 10.6 Å². The molecule has 2 amide bonds. The maximum atomic E-state index is 12.4. The summed E-state index contributed by atoms with van der Waals surface area (Å²) < 4.78 is 0. The van der Waals surface area contributed by atoms with Crippen LogP contribution in [0, 0.1) is 12.3 Å². The SMILES string of the molecule is CCc1cccc(C)c1NC(=O)C1(C)CNC(=O)C1. The first-order valence-electron chi connectivity index (χ1n) is 6.63. The van der Waals surface area contributed by atoms with Crippen LogP contribution in [-0.4, -0.2) is 18.4 Å². The lowest BCUT2D eigenvalue weighted by Gasteiger charge is -2.22. The maximum Gasteiger partial charge on any atom is 0.232 e. The summed E-state index contributed by atoms with van der Waals surface area (Å²) in [4.78, 5) is 23.7. The molecule has 1 heterocycles. The largest absolute Gasteiger partial charge is 0.355 e. The van der Waals surface area contributed by atoms with Gasteiger partial charge in [-0.25, -0.2) is 0 Å². The second-order valence-electron chi connectivity index (χ2n) is 5.43. The molecule has 1 saturated heterocycles. The molecule has 1 fully saturated rings. The van der Waals surface area contributed by atoms with Crippen LogP contribution in [0.3, 0.4) is 0 Å². The van der Waals surface area contributed by atoms with E-state index in [4.69, 9.17) is 0 Å². The molecule has 1 atom stereocenters. The molecular weight excluding hydrogens is 240 g/mol. The van der Waals surface area contributed by atoms with Crippen molar-refractivity contribution < 1.29 is 9.59 Å². The molecule has 0 aromatic heterocycles. The molecule has 19 heavy (non-hydrogen) atoms. The molecule has 0 bridgehead atoms. The lowest BCUT2D eigenvalue weighted by atomic mass is 9.88. The standard InChI is InChI=1S/C15H20N2O2/c1-4-11-7-5-6-10(2)13(11)17-14(19)15(3)8-12(18)16-9-15/h5-7H,4,8-9H2,1-3H3,(H,16,18)(H,17,19). The summed E-state index contributed by atoms with van der Waals surface area (Å²) in [7, 11) is 0. The first kappa shape index (κ1) is 13.6. The average molecular weight is 260 g/mol. The summed E-state index contributed by atoms with van der Waals surface area (Å²) in [5.74, 6) is -0.145. The number of para-hydroxylation sites is 1. The maximum absolute atomic E-state index is 12.4. The van der Waals surface area contributed by atoms with E-state index in [-0.39, 0.29) is 18.2 Å². The molecule has 0 saturated carbocycles. The van der Waals surface area contributed by atoms with Gasteiger partial charge >= 0.3 is 0 Å². The number of hydrogen-bond donors (Lipinski definition) is 2. The van der Waals surface area contributed by atoms with Crippen molar-refractivity contribution in [2.24, 2.45) is 5.41 Å². The van der Waals surface area contributed by atoms with Gasteiger partial charge in [0.05, 0.1) is 5.41 Å². The zero-order chi connectivity index (χ0) is 14.0. The molecule has 1 aliphatic heterocycles. The summed E-state index contributed by atoms with van der Waals surface area (Å²) in [5, 5.41) is 5.72. The Hall–Kier alpha value is -1.84. The van der Waals surface area contributed by atoms with E-state index in [1.807, 2.05) is 32.0 Å². The highest BCUT2D eigenvalue weighted by molar-refractivity contribution is 6.00. The topological polar surface area (TPSA) is 58.2 Å². The number of anilines is 1. The predicted molar refractivity (Wildman–Crippen MR) is 74.9 cm³/mol. The van der Waals surface area contributed by atoms with Crippen molar-refractivity contribution in [3.8, 4) is 0 Å². The zero-order valence-corrected chi connectivity index (χ0v) is 11.7. The summed E-state index contributed by atoms with van der Waals surface area (Å²) in [6.45, 7) is 6.27. The Kier molecular flexibility index (Phi) is 3.60. The molecule has 0 aliphatic carbocycles. The van der Waals surface area contributed by atoms with Crippen molar-refractivity contribution >= 4 is 17.5 Å². The van der Waals surface area contributed by atoms with Crippen molar-refractivity contribution in [2.45, 2.75) is 33.6 Å². The molecule has 102 valence electrons. The minimum absolute atomic E-state index is 0.0573. The van der Waals surface area contributed by atoms with Crippen molar-refractivity contribution in [1.29, 1.82) is 0 Å². The molecule has 4 heteroatoms. The Morgan fingerprint density at radius 1 is 1.47 bits per heavy atom. The van der Waals surface area contributed by atoms with Crippen molar-refractivity contribution in [3.05, 3.63) is 29.3 Å². The van der Waals surface area contributed by atoms with Crippen LogP contribution in [0.15, 0.2) is 18.2 Å². The fourth-order valence-electron chi connectivity index (χ4n) is 2.40. The van der Waals surface area contributed by atoms with Gasteiger partial charge in [-0.15, -0.1) is 0 Å². The lowest BCUT2D eigenvalue weighted by Crippen LogP contribution is -2.35. The van der Waals surface area contributed by atoms with Crippen LogP contribution in [0.25, 0.3) is 0 Å². The van der Waals surface area contributed by atoms with Gasteiger partial charge in [0, 0.05) is 18.7 Å². The zero-order valence-electron chi connectivity index (χ0n) is 11.7.